The maximum absolute atomic E-state index is 12.8. The number of benzene rings is 2. The number of para-hydroxylation sites is 1. The monoisotopic (exact) mass is 434 g/mol. The van der Waals surface area contributed by atoms with Crippen molar-refractivity contribution in [3.05, 3.63) is 54.2 Å². The molecule has 158 valence electrons. The number of nitrogens with zero attached hydrogens (tertiary/aromatic N) is 3. The average molecular weight is 435 g/mol. The number of carbonyl (C=O) groups excluding carboxylic acids is 1. The lowest BCUT2D eigenvalue weighted by atomic mass is 10.1. The van der Waals surface area contributed by atoms with E-state index in [1.54, 1.807) is 6.20 Å². The van der Waals surface area contributed by atoms with Crippen LogP contribution >= 0.6 is 11.8 Å². The van der Waals surface area contributed by atoms with Gasteiger partial charge in [0.15, 0.2) is 28.3 Å². The topological polar surface area (TPSA) is 82.0 Å². The van der Waals surface area contributed by atoms with Crippen molar-refractivity contribution in [1.29, 1.82) is 0 Å². The van der Waals surface area contributed by atoms with Crippen LogP contribution in [0.2, 0.25) is 0 Å². The van der Waals surface area contributed by atoms with Gasteiger partial charge < -0.3 is 19.0 Å². The van der Waals surface area contributed by atoms with Crippen LogP contribution in [0.3, 0.4) is 0 Å². The summed E-state index contributed by atoms with van der Waals surface area (Å²) in [6.07, 6.45) is 2.64. The third-order valence-electron chi connectivity index (χ3n) is 5.26. The zero-order valence-electron chi connectivity index (χ0n) is 17.1. The number of ketones is 1. The smallest absolute Gasteiger partial charge is 0.191 e. The lowest BCUT2D eigenvalue weighted by Crippen LogP contribution is -2.05. The van der Waals surface area contributed by atoms with E-state index in [2.05, 4.69) is 15.2 Å². The summed E-state index contributed by atoms with van der Waals surface area (Å²) in [4.78, 5) is 16.0. The Labute approximate surface area is 183 Å². The number of ether oxygens (including phenoxy) is 2. The molecule has 0 fully saturated rings. The van der Waals surface area contributed by atoms with E-state index < -0.39 is 0 Å². The number of thioether (sulfide) groups is 1. The van der Waals surface area contributed by atoms with E-state index >= 15 is 0 Å². The lowest BCUT2D eigenvalue weighted by Gasteiger charge is -2.10. The minimum atomic E-state index is 0.0604. The molecule has 0 atom stereocenters. The SMILES string of the molecule is CCn1c(SCC(=O)c2c[nH]c3ccccc23)nnc1-c1ccc2c(c1)OCCCO2. The van der Waals surface area contributed by atoms with Gasteiger partial charge >= 0.3 is 0 Å². The molecule has 1 N–H and O–H groups in total. The fourth-order valence-electron chi connectivity index (χ4n) is 3.71. The number of aromatic nitrogens is 4. The highest BCUT2D eigenvalue weighted by molar-refractivity contribution is 7.99. The summed E-state index contributed by atoms with van der Waals surface area (Å²) in [6, 6.07) is 13.6. The third-order valence-corrected chi connectivity index (χ3v) is 6.23. The summed E-state index contributed by atoms with van der Waals surface area (Å²) in [7, 11) is 0. The number of H-pyrrole nitrogens is 1. The van der Waals surface area contributed by atoms with Gasteiger partial charge in [0.1, 0.15) is 0 Å². The molecular formula is C23H22N4O3S. The number of aromatic amines is 1. The van der Waals surface area contributed by atoms with E-state index in [-0.39, 0.29) is 5.78 Å². The highest BCUT2D eigenvalue weighted by atomic mass is 32.2. The van der Waals surface area contributed by atoms with Gasteiger partial charge in [-0.15, -0.1) is 10.2 Å². The van der Waals surface area contributed by atoms with E-state index in [0.29, 0.717) is 31.1 Å². The van der Waals surface area contributed by atoms with Gasteiger partial charge in [0.05, 0.1) is 19.0 Å². The Hall–Kier alpha value is -3.26. The van der Waals surface area contributed by atoms with Crippen LogP contribution in [0.1, 0.15) is 23.7 Å². The fourth-order valence-corrected chi connectivity index (χ4v) is 4.59. The van der Waals surface area contributed by atoms with Gasteiger partial charge in [-0.05, 0) is 31.2 Å². The summed E-state index contributed by atoms with van der Waals surface area (Å²) in [5, 5.41) is 10.4. The molecule has 4 aromatic rings. The minimum absolute atomic E-state index is 0.0604. The number of hydrogen-bond acceptors (Lipinski definition) is 6. The van der Waals surface area contributed by atoms with Crippen LogP contribution in [0.15, 0.2) is 53.8 Å². The fraction of sp³-hybridized carbons (Fsp3) is 0.261. The summed E-state index contributed by atoms with van der Waals surface area (Å²) in [5.41, 5.74) is 2.58. The van der Waals surface area contributed by atoms with Crippen molar-refractivity contribution in [2.75, 3.05) is 19.0 Å². The van der Waals surface area contributed by atoms with Gasteiger partial charge in [0.25, 0.3) is 0 Å². The third kappa shape index (κ3) is 3.79. The Morgan fingerprint density at radius 2 is 1.97 bits per heavy atom. The predicted molar refractivity (Wildman–Crippen MR) is 120 cm³/mol. The van der Waals surface area contributed by atoms with E-state index in [4.69, 9.17) is 9.47 Å². The Morgan fingerprint density at radius 1 is 1.13 bits per heavy atom. The molecule has 0 saturated carbocycles. The van der Waals surface area contributed by atoms with Gasteiger partial charge in [-0.2, -0.15) is 0 Å². The van der Waals surface area contributed by atoms with Crippen LogP contribution < -0.4 is 9.47 Å². The van der Waals surface area contributed by atoms with Gasteiger partial charge in [-0.25, -0.2) is 0 Å². The molecule has 1 aliphatic rings. The predicted octanol–water partition coefficient (Wildman–Crippen LogP) is 4.58. The summed E-state index contributed by atoms with van der Waals surface area (Å²) in [6.45, 7) is 4.03. The Kier molecular flexibility index (Phi) is 5.38. The van der Waals surface area contributed by atoms with E-state index in [0.717, 1.165) is 45.4 Å². The molecule has 3 heterocycles. The maximum atomic E-state index is 12.8. The molecule has 2 aromatic heterocycles. The largest absolute Gasteiger partial charge is 0.490 e. The van der Waals surface area contributed by atoms with E-state index in [9.17, 15) is 4.79 Å². The van der Waals surface area contributed by atoms with Crippen molar-refractivity contribution >= 4 is 28.4 Å². The van der Waals surface area contributed by atoms with Crippen LogP contribution in [0.4, 0.5) is 0 Å². The zero-order chi connectivity index (χ0) is 21.2. The molecule has 31 heavy (non-hydrogen) atoms. The number of carbonyl (C=O) groups is 1. The van der Waals surface area contributed by atoms with Crippen LogP contribution in [0.5, 0.6) is 11.5 Å². The Morgan fingerprint density at radius 3 is 2.84 bits per heavy atom. The summed E-state index contributed by atoms with van der Waals surface area (Å²) in [5.74, 6) is 2.58. The first-order valence-corrected chi connectivity index (χ1v) is 11.3. The molecule has 0 radical (unpaired) electrons. The molecule has 0 aliphatic carbocycles. The van der Waals surface area contributed by atoms with Gasteiger partial charge in [-0.1, -0.05) is 30.0 Å². The zero-order valence-corrected chi connectivity index (χ0v) is 17.9. The molecule has 0 saturated heterocycles. The first-order valence-electron chi connectivity index (χ1n) is 10.3. The molecule has 2 aromatic carbocycles. The highest BCUT2D eigenvalue weighted by Gasteiger charge is 2.19. The molecule has 0 bridgehead atoms. The second kappa shape index (κ2) is 8.47. The Balaban J connectivity index is 1.37. The quantitative estimate of drug-likeness (QED) is 0.353. The standard InChI is InChI=1S/C23H22N4O3S/c1-2-27-22(15-8-9-20-21(12-15)30-11-5-10-29-20)25-26-23(27)31-14-19(28)17-13-24-18-7-4-3-6-16(17)18/h3-4,6-9,12-13,24H,2,5,10-11,14H2,1H3. The molecule has 5 rings (SSSR count). The van der Waals surface area contributed by atoms with Crippen molar-refractivity contribution in [3.63, 3.8) is 0 Å². The van der Waals surface area contributed by atoms with Crippen molar-refractivity contribution in [2.24, 2.45) is 0 Å². The molecular weight excluding hydrogens is 412 g/mol. The first-order chi connectivity index (χ1) is 15.2. The van der Waals surface area contributed by atoms with E-state index in [1.165, 1.54) is 11.8 Å². The number of Topliss-reactive ketones (excluding diaryl/α,β-unsaturated/α-hetero) is 1. The van der Waals surface area contributed by atoms with Crippen molar-refractivity contribution in [2.45, 2.75) is 25.0 Å². The molecule has 0 spiro atoms. The Bertz CT molecular complexity index is 1250. The van der Waals surface area contributed by atoms with Gasteiger partial charge in [-0.3, -0.25) is 4.79 Å². The normalized spacial score (nSPS) is 13.3. The molecule has 0 amide bonds. The van der Waals surface area contributed by atoms with Crippen LogP contribution in [0.25, 0.3) is 22.3 Å². The molecule has 8 heteroatoms. The van der Waals surface area contributed by atoms with Crippen molar-refractivity contribution in [3.8, 4) is 22.9 Å². The number of hydrogen-bond donors (Lipinski definition) is 1. The van der Waals surface area contributed by atoms with E-state index in [1.807, 2.05) is 54.0 Å². The minimum Gasteiger partial charge on any atom is -0.490 e. The number of nitrogens with one attached hydrogen (secondary N) is 1. The maximum Gasteiger partial charge on any atom is 0.191 e. The summed E-state index contributed by atoms with van der Waals surface area (Å²) >= 11 is 1.40. The molecule has 0 unspecified atom stereocenters. The molecule has 1 aliphatic heterocycles. The average Bonchev–Trinajstić information content (AvgIpc) is 3.34. The summed E-state index contributed by atoms with van der Waals surface area (Å²) < 4.78 is 13.6. The van der Waals surface area contributed by atoms with Crippen LogP contribution in [-0.2, 0) is 6.54 Å². The van der Waals surface area contributed by atoms with Gasteiger partial charge in [0, 0.05) is 41.2 Å². The van der Waals surface area contributed by atoms with Gasteiger partial charge in [0.2, 0.25) is 0 Å². The lowest BCUT2D eigenvalue weighted by molar-refractivity contribution is 0.102. The highest BCUT2D eigenvalue weighted by Crippen LogP contribution is 2.34. The second-order valence-electron chi connectivity index (χ2n) is 7.22. The van der Waals surface area contributed by atoms with Crippen molar-refractivity contribution < 1.29 is 14.3 Å². The van der Waals surface area contributed by atoms with Crippen molar-refractivity contribution in [1.82, 2.24) is 19.7 Å². The second-order valence-corrected chi connectivity index (χ2v) is 8.16. The first kappa shape index (κ1) is 19.7. The molecule has 7 nitrogen and oxygen atoms in total. The number of fused-ring (bicyclic) bond motifs is 2. The van der Waals surface area contributed by atoms with Crippen LogP contribution in [0, 0.1) is 0 Å². The number of rotatable bonds is 6. The van der Waals surface area contributed by atoms with Crippen LogP contribution in [-0.4, -0.2) is 44.5 Å².